The van der Waals surface area contributed by atoms with Crippen molar-refractivity contribution in [3.63, 3.8) is 0 Å². The smallest absolute Gasteiger partial charge is 0.189 e. The molecular formula is C55H92N2O40. The van der Waals surface area contributed by atoms with Gasteiger partial charge in [-0.2, -0.15) is 0 Å². The number of nitrogens with one attached hydrogen (secondary N) is 2. The molecule has 0 amide bonds. The summed E-state index contributed by atoms with van der Waals surface area (Å²) in [5, 5.41) is 297. The molecule has 9 aliphatic rings. The molecule has 43 unspecified atom stereocenters. The Hall–Kier alpha value is -2.20. The van der Waals surface area contributed by atoms with Gasteiger partial charge in [0, 0.05) is 0 Å². The van der Waals surface area contributed by atoms with Crippen molar-refractivity contribution >= 4 is 0 Å². The molecule has 42 heteroatoms. The SMILES string of the molecule is CC1OC(OC2C(CO)OC(OC3C(CO)=CC(NC4C(C)OC(OC5C(CO)OC(OC6C(O)OC(OC7C(CO)OC(OC8C(CO)OC(O)C(O)C8O)C(O)C7O)C(O)C6O)C(O)C5O)C(O)C4O)C(O)C3O)C(O)C2O)C(O)C(O)C1NC1C=C(CO)C(O)C(O)C1O. The number of ether oxygens (including phenoxy) is 13. The van der Waals surface area contributed by atoms with E-state index >= 15 is 0 Å². The van der Waals surface area contributed by atoms with E-state index in [2.05, 4.69) is 10.6 Å². The minimum atomic E-state index is -2.34. The van der Waals surface area contributed by atoms with E-state index in [1.807, 2.05) is 0 Å². The molecule has 562 valence electrons. The second-order valence-corrected chi connectivity index (χ2v) is 25.3. The van der Waals surface area contributed by atoms with Crippen LogP contribution < -0.4 is 10.6 Å². The Kier molecular flexibility index (Phi) is 27.1. The van der Waals surface area contributed by atoms with Gasteiger partial charge in [-0.25, -0.2) is 0 Å². The Morgan fingerprint density at radius 1 is 0.299 bits per heavy atom. The summed E-state index contributed by atoms with van der Waals surface area (Å²) in [6.45, 7) is -2.73. The van der Waals surface area contributed by atoms with Crippen LogP contribution in [0.5, 0.6) is 0 Å². The minimum Gasteiger partial charge on any atom is -0.394 e. The summed E-state index contributed by atoms with van der Waals surface area (Å²) in [5.74, 6) is 0. The van der Waals surface area contributed by atoms with E-state index in [1.165, 1.54) is 19.9 Å². The van der Waals surface area contributed by atoms with E-state index in [0.29, 0.717) is 0 Å². The fourth-order valence-corrected chi connectivity index (χ4v) is 13.3. The molecule has 7 heterocycles. The molecule has 29 N–H and O–H groups in total. The van der Waals surface area contributed by atoms with Crippen LogP contribution in [0.2, 0.25) is 0 Å². The standard InChI is InChI=1S/C55H92N2O40/c1-11-21(56-15-3-13(5-58)23(64)28(69)24(15)65)26(67)36(77)50(85-11)92-44-18(8-61)88-52(38(79)31(44)72)91-42-14(6-59)4-16(25(66)29(42)70)57-22-12(2)86-51(37(78)27(22)68)93-45-19(9-62)90-54(40(81)33(45)74)96-47-34(75)41(82)55(97-49(47)84)95-46-20(10-63)89-53(39(80)32(46)73)94-43-17(7-60)87-48(83)35(76)30(43)71/h3-4,11-12,15-84H,5-10H2,1-2H3. The molecule has 2 aliphatic carbocycles. The zero-order chi connectivity index (χ0) is 71.2. The second kappa shape index (κ2) is 33.3. The Morgan fingerprint density at radius 2 is 0.608 bits per heavy atom. The molecule has 9 rings (SSSR count). The summed E-state index contributed by atoms with van der Waals surface area (Å²) in [6.07, 6.45) is -71.4. The number of hydrogen-bond donors (Lipinski definition) is 29. The van der Waals surface area contributed by atoms with Gasteiger partial charge in [0.05, 0.1) is 76.0 Å². The minimum absolute atomic E-state index is 0.0379. The largest absolute Gasteiger partial charge is 0.394 e. The lowest BCUT2D eigenvalue weighted by atomic mass is 9.86. The van der Waals surface area contributed by atoms with Crippen LogP contribution in [0.1, 0.15) is 13.8 Å². The highest BCUT2D eigenvalue weighted by atomic mass is 16.8. The summed E-state index contributed by atoms with van der Waals surface area (Å²) in [5.41, 5.74) is -0.229. The van der Waals surface area contributed by atoms with E-state index in [-0.39, 0.29) is 11.1 Å². The first-order chi connectivity index (χ1) is 45.9. The second-order valence-electron chi connectivity index (χ2n) is 25.3. The van der Waals surface area contributed by atoms with E-state index in [4.69, 9.17) is 61.6 Å². The van der Waals surface area contributed by atoms with Gasteiger partial charge in [-0.3, -0.25) is 0 Å². The van der Waals surface area contributed by atoms with Crippen LogP contribution >= 0.6 is 0 Å². The van der Waals surface area contributed by atoms with Gasteiger partial charge in [-0.15, -0.1) is 0 Å². The zero-order valence-electron chi connectivity index (χ0n) is 51.6. The highest BCUT2D eigenvalue weighted by Crippen LogP contribution is 2.38. The first-order valence-electron chi connectivity index (χ1n) is 31.3. The summed E-state index contributed by atoms with van der Waals surface area (Å²) in [6, 6.07) is -5.17. The average Bonchev–Trinajstić information content (AvgIpc) is 0.785. The lowest BCUT2D eigenvalue weighted by Crippen LogP contribution is -2.69. The molecule has 42 nitrogen and oxygen atoms in total. The first kappa shape index (κ1) is 78.9. The number of rotatable bonds is 22. The average molecular weight is 1420 g/mol. The van der Waals surface area contributed by atoms with Crippen LogP contribution in [0.4, 0.5) is 0 Å². The fourth-order valence-electron chi connectivity index (χ4n) is 13.3. The molecule has 0 spiro atoms. The van der Waals surface area contributed by atoms with Gasteiger partial charge in [0.2, 0.25) is 0 Å². The predicted octanol–water partition coefficient (Wildman–Crippen LogP) is -18.3. The van der Waals surface area contributed by atoms with Gasteiger partial charge in [0.1, 0.15) is 177 Å². The van der Waals surface area contributed by atoms with Crippen molar-refractivity contribution in [2.75, 3.05) is 39.6 Å². The van der Waals surface area contributed by atoms with Crippen LogP contribution in [0.25, 0.3) is 0 Å². The van der Waals surface area contributed by atoms with Crippen LogP contribution in [-0.4, -0.2) is 441 Å². The highest BCUT2D eigenvalue weighted by molar-refractivity contribution is 5.24. The Bertz CT molecular complexity index is 2540. The molecule has 0 bridgehead atoms. The number of hydrogen-bond acceptors (Lipinski definition) is 42. The van der Waals surface area contributed by atoms with Gasteiger partial charge in [-0.05, 0) is 25.0 Å². The van der Waals surface area contributed by atoms with Crippen molar-refractivity contribution in [1.29, 1.82) is 0 Å². The summed E-state index contributed by atoms with van der Waals surface area (Å²) in [4.78, 5) is 0. The molecule has 7 saturated heterocycles. The Balaban J connectivity index is 0.765. The van der Waals surface area contributed by atoms with Crippen LogP contribution in [0.3, 0.4) is 0 Å². The first-order valence-corrected chi connectivity index (χ1v) is 31.3. The lowest BCUT2D eigenvalue weighted by Gasteiger charge is -2.49. The summed E-state index contributed by atoms with van der Waals surface area (Å²) < 4.78 is 72.9. The van der Waals surface area contributed by atoms with Crippen LogP contribution in [-0.2, 0) is 61.6 Å². The molecule has 7 fully saturated rings. The third-order valence-electron chi connectivity index (χ3n) is 19.0. The summed E-state index contributed by atoms with van der Waals surface area (Å²) >= 11 is 0. The molecule has 7 aliphatic heterocycles. The Labute approximate surface area is 549 Å². The monoisotopic (exact) mass is 1420 g/mol. The fraction of sp³-hybridized carbons (Fsp3) is 0.927. The maximum absolute atomic E-state index is 11.5. The van der Waals surface area contributed by atoms with Crippen LogP contribution in [0.15, 0.2) is 23.3 Å². The molecule has 97 heavy (non-hydrogen) atoms. The van der Waals surface area contributed by atoms with Gasteiger partial charge in [-0.1, -0.05) is 12.2 Å². The molecular weight excluding hydrogens is 1330 g/mol. The van der Waals surface area contributed by atoms with Gasteiger partial charge >= 0.3 is 0 Å². The van der Waals surface area contributed by atoms with Crippen molar-refractivity contribution in [1.82, 2.24) is 10.6 Å². The highest BCUT2D eigenvalue weighted by Gasteiger charge is 2.59. The van der Waals surface area contributed by atoms with Gasteiger partial charge < -0.3 is 210 Å². The Morgan fingerprint density at radius 3 is 1.00 bits per heavy atom. The van der Waals surface area contributed by atoms with E-state index in [9.17, 15) is 138 Å². The van der Waals surface area contributed by atoms with E-state index in [0.717, 1.165) is 6.08 Å². The number of aliphatic hydroxyl groups excluding tert-OH is 27. The van der Waals surface area contributed by atoms with Crippen molar-refractivity contribution in [2.24, 2.45) is 0 Å². The predicted molar refractivity (Wildman–Crippen MR) is 300 cm³/mol. The third-order valence-corrected chi connectivity index (χ3v) is 19.0. The molecule has 0 saturated carbocycles. The van der Waals surface area contributed by atoms with Gasteiger partial charge in [0.25, 0.3) is 0 Å². The summed E-state index contributed by atoms with van der Waals surface area (Å²) in [7, 11) is 0. The molecule has 0 radical (unpaired) electrons. The normalized spacial score (nSPS) is 53.3. The van der Waals surface area contributed by atoms with Crippen LogP contribution in [0, 0.1) is 0 Å². The van der Waals surface area contributed by atoms with Crippen molar-refractivity contribution < 1.29 is 199 Å². The van der Waals surface area contributed by atoms with E-state index in [1.54, 1.807) is 0 Å². The van der Waals surface area contributed by atoms with Crippen molar-refractivity contribution in [2.45, 2.75) is 278 Å². The number of aliphatic hydroxyl groups is 27. The topological polar surface area (TPSA) is 690 Å². The van der Waals surface area contributed by atoms with Crippen molar-refractivity contribution in [3.8, 4) is 0 Å². The van der Waals surface area contributed by atoms with E-state index < -0.39 is 303 Å². The molecule has 0 aromatic carbocycles. The molecule has 0 aromatic rings. The van der Waals surface area contributed by atoms with Crippen molar-refractivity contribution in [3.05, 3.63) is 23.3 Å². The van der Waals surface area contributed by atoms with Gasteiger partial charge in [0.15, 0.2) is 50.3 Å². The maximum Gasteiger partial charge on any atom is 0.189 e. The lowest BCUT2D eigenvalue weighted by molar-refractivity contribution is -0.407. The maximum atomic E-state index is 11.5. The zero-order valence-corrected chi connectivity index (χ0v) is 51.6. The quantitative estimate of drug-likeness (QED) is 0.0448. The third kappa shape index (κ3) is 16.1. The molecule has 43 atom stereocenters. The molecule has 0 aromatic heterocycles.